The van der Waals surface area contributed by atoms with Crippen LogP contribution in [-0.2, 0) is 15.7 Å². The van der Waals surface area contributed by atoms with E-state index in [0.717, 1.165) is 12.1 Å². The number of nitrogens with one attached hydrogen (secondary N) is 1. The number of esters is 1. The SMILES string of the molecule is CCOC(=O)C1=C(COc2cccc(C(F)(F)F)c2)N(C)C(=O)NC1c1ccc(OC)cc1. The fourth-order valence-electron chi connectivity index (χ4n) is 3.34. The molecule has 0 saturated heterocycles. The first-order chi connectivity index (χ1) is 15.7. The number of ether oxygens (including phenoxy) is 3. The molecule has 0 aromatic heterocycles. The van der Waals surface area contributed by atoms with Crippen molar-refractivity contribution < 1.29 is 37.0 Å². The molecule has 0 saturated carbocycles. The molecule has 0 fully saturated rings. The van der Waals surface area contributed by atoms with Gasteiger partial charge in [-0.2, -0.15) is 13.2 Å². The van der Waals surface area contributed by atoms with Crippen LogP contribution in [0.2, 0.25) is 0 Å². The van der Waals surface area contributed by atoms with E-state index in [-0.39, 0.29) is 30.2 Å². The third-order valence-electron chi connectivity index (χ3n) is 5.06. The van der Waals surface area contributed by atoms with Crippen molar-refractivity contribution in [3.8, 4) is 11.5 Å². The van der Waals surface area contributed by atoms with E-state index in [1.807, 2.05) is 0 Å². The average Bonchev–Trinajstić information content (AvgIpc) is 2.79. The monoisotopic (exact) mass is 464 g/mol. The van der Waals surface area contributed by atoms with E-state index in [9.17, 15) is 22.8 Å². The number of nitrogens with zero attached hydrogens (tertiary/aromatic N) is 1. The quantitative estimate of drug-likeness (QED) is 0.618. The Bertz CT molecular complexity index is 1050. The normalized spacial score (nSPS) is 16.4. The molecule has 3 rings (SSSR count). The van der Waals surface area contributed by atoms with Crippen molar-refractivity contribution >= 4 is 12.0 Å². The first-order valence-electron chi connectivity index (χ1n) is 10.0. The van der Waals surface area contributed by atoms with Crippen LogP contribution in [0.25, 0.3) is 0 Å². The van der Waals surface area contributed by atoms with Crippen LogP contribution in [0.1, 0.15) is 24.1 Å². The number of alkyl halides is 3. The smallest absolute Gasteiger partial charge is 0.416 e. The molecule has 1 heterocycles. The van der Waals surface area contributed by atoms with Crippen LogP contribution in [0.5, 0.6) is 11.5 Å². The lowest BCUT2D eigenvalue weighted by molar-refractivity contribution is -0.139. The highest BCUT2D eigenvalue weighted by Crippen LogP contribution is 2.34. The number of urea groups is 1. The lowest BCUT2D eigenvalue weighted by atomic mass is 9.94. The van der Waals surface area contributed by atoms with Crippen LogP contribution < -0.4 is 14.8 Å². The summed E-state index contributed by atoms with van der Waals surface area (Å²) in [5.41, 5.74) is 0.0221. The van der Waals surface area contributed by atoms with E-state index in [1.165, 1.54) is 31.2 Å². The molecule has 2 amide bonds. The Morgan fingerprint density at radius 1 is 1.12 bits per heavy atom. The van der Waals surface area contributed by atoms with Gasteiger partial charge in [-0.25, -0.2) is 9.59 Å². The lowest BCUT2D eigenvalue weighted by Gasteiger charge is -2.34. The summed E-state index contributed by atoms with van der Waals surface area (Å²) in [6.07, 6.45) is -4.53. The van der Waals surface area contributed by atoms with Crippen LogP contribution in [0.3, 0.4) is 0 Å². The maximum atomic E-state index is 13.0. The van der Waals surface area contributed by atoms with Gasteiger partial charge in [-0.3, -0.25) is 4.90 Å². The second-order valence-corrected chi connectivity index (χ2v) is 7.11. The number of methoxy groups -OCH3 is 1. The Morgan fingerprint density at radius 3 is 2.42 bits per heavy atom. The average molecular weight is 464 g/mol. The number of carbonyl (C=O) groups excluding carboxylic acids is 2. The van der Waals surface area contributed by atoms with E-state index in [0.29, 0.717) is 11.3 Å². The predicted octanol–water partition coefficient (Wildman–Crippen LogP) is 4.31. The Balaban J connectivity index is 2.00. The third-order valence-corrected chi connectivity index (χ3v) is 5.06. The molecular formula is C23H23F3N2O5. The number of carbonyl (C=O) groups is 2. The summed E-state index contributed by atoms with van der Waals surface area (Å²) in [6, 6.07) is 9.76. The second-order valence-electron chi connectivity index (χ2n) is 7.11. The molecule has 2 aromatic carbocycles. The molecule has 1 unspecified atom stereocenters. The zero-order chi connectivity index (χ0) is 24.2. The summed E-state index contributed by atoms with van der Waals surface area (Å²) in [4.78, 5) is 26.7. The number of benzene rings is 2. The van der Waals surface area contributed by atoms with Gasteiger partial charge in [0.05, 0.1) is 36.6 Å². The standard InChI is InChI=1S/C23H23F3N2O5/c1-4-32-21(29)19-18(13-33-17-7-5-6-15(12-17)23(24,25)26)28(2)22(30)27-20(19)14-8-10-16(31-3)11-9-14/h5-12,20H,4,13H2,1-3H3,(H,27,30). The van der Waals surface area contributed by atoms with Crippen LogP contribution in [0.15, 0.2) is 59.8 Å². The van der Waals surface area contributed by atoms with Gasteiger partial charge in [0.25, 0.3) is 0 Å². The van der Waals surface area contributed by atoms with Gasteiger partial charge < -0.3 is 19.5 Å². The number of likely N-dealkylation sites (N-methyl/N-ethyl adjacent to an activating group) is 1. The highest BCUT2D eigenvalue weighted by atomic mass is 19.4. The molecule has 2 aromatic rings. The minimum Gasteiger partial charge on any atom is -0.497 e. The van der Waals surface area contributed by atoms with Crippen LogP contribution >= 0.6 is 0 Å². The fourth-order valence-corrected chi connectivity index (χ4v) is 3.34. The van der Waals surface area contributed by atoms with E-state index < -0.39 is 29.8 Å². The van der Waals surface area contributed by atoms with E-state index in [2.05, 4.69) is 5.32 Å². The predicted molar refractivity (Wildman–Crippen MR) is 113 cm³/mol. The molecule has 176 valence electrons. The van der Waals surface area contributed by atoms with Crippen LogP contribution in [-0.4, -0.2) is 44.3 Å². The summed E-state index contributed by atoms with van der Waals surface area (Å²) in [7, 11) is 2.95. The summed E-state index contributed by atoms with van der Waals surface area (Å²) < 4.78 is 55.0. The highest BCUT2D eigenvalue weighted by molar-refractivity contribution is 5.95. The number of rotatable bonds is 7. The number of amides is 2. The topological polar surface area (TPSA) is 77.1 Å². The largest absolute Gasteiger partial charge is 0.497 e. The molecule has 0 radical (unpaired) electrons. The number of halogens is 3. The minimum absolute atomic E-state index is 0.0547. The molecule has 1 N–H and O–H groups in total. The summed E-state index contributed by atoms with van der Waals surface area (Å²) in [6.45, 7) is 1.41. The number of hydrogen-bond donors (Lipinski definition) is 1. The van der Waals surface area contributed by atoms with Crippen molar-refractivity contribution in [1.29, 1.82) is 0 Å². The number of hydrogen-bond acceptors (Lipinski definition) is 5. The van der Waals surface area contributed by atoms with Crippen LogP contribution in [0, 0.1) is 0 Å². The molecule has 7 nitrogen and oxygen atoms in total. The van der Waals surface area contributed by atoms with Gasteiger partial charge in [0.2, 0.25) is 0 Å². The van der Waals surface area contributed by atoms with Crippen molar-refractivity contribution in [3.05, 3.63) is 70.9 Å². The summed E-state index contributed by atoms with van der Waals surface area (Å²) in [5, 5.41) is 2.75. The zero-order valence-electron chi connectivity index (χ0n) is 18.2. The van der Waals surface area contributed by atoms with Gasteiger partial charge in [0, 0.05) is 7.05 Å². The van der Waals surface area contributed by atoms with Crippen molar-refractivity contribution in [3.63, 3.8) is 0 Å². The maximum absolute atomic E-state index is 13.0. The zero-order valence-corrected chi connectivity index (χ0v) is 18.2. The van der Waals surface area contributed by atoms with Crippen molar-refractivity contribution in [2.75, 3.05) is 27.4 Å². The van der Waals surface area contributed by atoms with E-state index in [4.69, 9.17) is 14.2 Å². The van der Waals surface area contributed by atoms with Gasteiger partial charge >= 0.3 is 18.2 Å². The van der Waals surface area contributed by atoms with Crippen molar-refractivity contribution in [1.82, 2.24) is 10.2 Å². The summed E-state index contributed by atoms with van der Waals surface area (Å²) >= 11 is 0. The third kappa shape index (κ3) is 5.39. The van der Waals surface area contributed by atoms with Gasteiger partial charge in [0.15, 0.2) is 0 Å². The highest BCUT2D eigenvalue weighted by Gasteiger charge is 2.37. The Labute approximate surface area is 188 Å². The van der Waals surface area contributed by atoms with E-state index in [1.54, 1.807) is 31.2 Å². The second kappa shape index (κ2) is 9.85. The van der Waals surface area contributed by atoms with Gasteiger partial charge in [-0.15, -0.1) is 0 Å². The van der Waals surface area contributed by atoms with Crippen LogP contribution in [0.4, 0.5) is 18.0 Å². The molecular weight excluding hydrogens is 441 g/mol. The van der Waals surface area contributed by atoms with Crippen molar-refractivity contribution in [2.24, 2.45) is 0 Å². The molecule has 1 aliphatic rings. The van der Waals surface area contributed by atoms with Gasteiger partial charge in [-0.1, -0.05) is 18.2 Å². The first-order valence-corrected chi connectivity index (χ1v) is 10.0. The summed E-state index contributed by atoms with van der Waals surface area (Å²) in [5.74, 6) is -0.138. The van der Waals surface area contributed by atoms with E-state index >= 15 is 0 Å². The first kappa shape index (κ1) is 24.0. The lowest BCUT2D eigenvalue weighted by Crippen LogP contribution is -2.48. The van der Waals surface area contributed by atoms with Gasteiger partial charge in [0.1, 0.15) is 18.1 Å². The molecule has 0 aliphatic carbocycles. The maximum Gasteiger partial charge on any atom is 0.416 e. The molecule has 1 atom stereocenters. The molecule has 0 spiro atoms. The Kier molecular flexibility index (Phi) is 7.15. The van der Waals surface area contributed by atoms with Gasteiger partial charge in [-0.05, 0) is 42.8 Å². The van der Waals surface area contributed by atoms with Crippen molar-refractivity contribution in [2.45, 2.75) is 19.1 Å². The Hall–Kier alpha value is -3.69. The minimum atomic E-state index is -4.53. The molecule has 0 bridgehead atoms. The molecule has 10 heteroatoms. The fraction of sp³-hybridized carbons (Fsp3) is 0.304. The molecule has 1 aliphatic heterocycles. The molecule has 33 heavy (non-hydrogen) atoms. The Morgan fingerprint density at radius 2 is 1.82 bits per heavy atom.